The predicted octanol–water partition coefficient (Wildman–Crippen LogP) is 6.92. The highest BCUT2D eigenvalue weighted by molar-refractivity contribution is 5.94. The maximum Gasteiger partial charge on any atom is 0.416 e. The van der Waals surface area contributed by atoms with E-state index in [0.29, 0.717) is 37.3 Å². The highest BCUT2D eigenvalue weighted by Gasteiger charge is 2.38. The van der Waals surface area contributed by atoms with Crippen molar-refractivity contribution in [2.45, 2.75) is 45.5 Å². The molecule has 0 aromatic heterocycles. The second-order valence-corrected chi connectivity index (χ2v) is 10.2. The van der Waals surface area contributed by atoms with E-state index in [2.05, 4.69) is 29.2 Å². The first-order valence-electron chi connectivity index (χ1n) is 12.5. The van der Waals surface area contributed by atoms with Gasteiger partial charge in [0.1, 0.15) is 5.82 Å². The van der Waals surface area contributed by atoms with Crippen LogP contribution in [0.15, 0.2) is 72.8 Å². The molecule has 0 N–H and O–H groups in total. The van der Waals surface area contributed by atoms with E-state index in [0.717, 1.165) is 17.2 Å². The molecule has 0 spiro atoms. The fraction of sp³-hybridized carbons (Fsp3) is 0.367. The molecule has 4 rings (SSSR count). The molecule has 1 amide bonds. The van der Waals surface area contributed by atoms with Crippen molar-refractivity contribution in [3.63, 3.8) is 0 Å². The summed E-state index contributed by atoms with van der Waals surface area (Å²) >= 11 is 0. The molecule has 196 valence electrons. The van der Waals surface area contributed by atoms with Crippen molar-refractivity contribution in [2.24, 2.45) is 5.92 Å². The summed E-state index contributed by atoms with van der Waals surface area (Å²) < 4.78 is 53.9. The molecule has 1 aliphatic heterocycles. The lowest BCUT2D eigenvalue weighted by Crippen LogP contribution is -2.42. The molecule has 0 aliphatic carbocycles. The first-order valence-corrected chi connectivity index (χ1v) is 12.5. The third-order valence-corrected chi connectivity index (χ3v) is 7.09. The molecule has 3 aromatic carbocycles. The van der Waals surface area contributed by atoms with E-state index in [1.54, 1.807) is 11.0 Å². The first-order chi connectivity index (χ1) is 17.5. The minimum atomic E-state index is -4.42. The van der Waals surface area contributed by atoms with Crippen molar-refractivity contribution in [2.75, 3.05) is 19.6 Å². The number of hydrogen-bond acceptors (Lipinski definition) is 2. The molecular weight excluding hydrogens is 480 g/mol. The van der Waals surface area contributed by atoms with Gasteiger partial charge in [0.25, 0.3) is 5.91 Å². The maximum atomic E-state index is 13.5. The highest BCUT2D eigenvalue weighted by atomic mass is 19.4. The van der Waals surface area contributed by atoms with Crippen molar-refractivity contribution in [1.29, 1.82) is 0 Å². The van der Waals surface area contributed by atoms with Gasteiger partial charge in [-0.1, -0.05) is 48.0 Å². The van der Waals surface area contributed by atoms with Crippen molar-refractivity contribution in [1.82, 2.24) is 9.80 Å². The average molecular weight is 513 g/mol. The predicted molar refractivity (Wildman–Crippen MR) is 137 cm³/mol. The zero-order valence-corrected chi connectivity index (χ0v) is 21.3. The quantitative estimate of drug-likeness (QED) is 0.321. The standard InChI is InChI=1S/C30H32F4N2O/c1-20(2)36(29(37)23-11-13-27(31)14-12-23)18-25-17-35(16-22-9-7-21(3)8-10-22)19-28(25)24-5-4-6-26(15-24)30(32,33)34/h4-15,20,25,28H,16-19H2,1-3H3. The van der Waals surface area contributed by atoms with Gasteiger partial charge in [0.15, 0.2) is 0 Å². The van der Waals surface area contributed by atoms with Crippen LogP contribution < -0.4 is 0 Å². The van der Waals surface area contributed by atoms with Gasteiger partial charge in [-0.3, -0.25) is 9.69 Å². The number of nitrogens with zero attached hydrogens (tertiary/aromatic N) is 2. The summed E-state index contributed by atoms with van der Waals surface area (Å²) in [6.07, 6.45) is -4.42. The topological polar surface area (TPSA) is 23.6 Å². The maximum absolute atomic E-state index is 13.5. The molecule has 0 bridgehead atoms. The van der Waals surface area contributed by atoms with Crippen LogP contribution in [0.1, 0.15) is 52.4 Å². The summed E-state index contributed by atoms with van der Waals surface area (Å²) in [7, 11) is 0. The molecule has 1 heterocycles. The fourth-order valence-corrected chi connectivity index (χ4v) is 5.09. The van der Waals surface area contributed by atoms with E-state index < -0.39 is 17.6 Å². The zero-order valence-electron chi connectivity index (χ0n) is 21.3. The Bertz CT molecular complexity index is 1210. The summed E-state index contributed by atoms with van der Waals surface area (Å²) in [4.78, 5) is 17.4. The number of benzene rings is 3. The monoisotopic (exact) mass is 512 g/mol. The number of halogens is 4. The highest BCUT2D eigenvalue weighted by Crippen LogP contribution is 2.37. The molecule has 0 saturated carbocycles. The van der Waals surface area contributed by atoms with Crippen LogP contribution in [0.25, 0.3) is 0 Å². The molecular formula is C30H32F4N2O. The smallest absolute Gasteiger partial charge is 0.336 e. The minimum Gasteiger partial charge on any atom is -0.336 e. The van der Waals surface area contributed by atoms with Gasteiger partial charge in [-0.15, -0.1) is 0 Å². The van der Waals surface area contributed by atoms with E-state index in [1.807, 2.05) is 20.8 Å². The van der Waals surface area contributed by atoms with Gasteiger partial charge >= 0.3 is 6.18 Å². The number of likely N-dealkylation sites (tertiary alicyclic amines) is 1. The SMILES string of the molecule is Cc1ccc(CN2CC(CN(C(=O)c3ccc(F)cc3)C(C)C)C(c3cccc(C(F)(F)F)c3)C2)cc1. The first kappa shape index (κ1) is 26.9. The van der Waals surface area contributed by atoms with Gasteiger partial charge in [0, 0.05) is 43.7 Å². The van der Waals surface area contributed by atoms with Gasteiger partial charge in [0.2, 0.25) is 0 Å². The summed E-state index contributed by atoms with van der Waals surface area (Å²) in [6, 6.07) is 19.1. The zero-order chi connectivity index (χ0) is 26.7. The molecule has 0 radical (unpaired) electrons. The summed E-state index contributed by atoms with van der Waals surface area (Å²) in [6.45, 7) is 8.17. The van der Waals surface area contributed by atoms with E-state index in [9.17, 15) is 22.4 Å². The third kappa shape index (κ3) is 6.58. The van der Waals surface area contributed by atoms with Gasteiger partial charge in [-0.2, -0.15) is 13.2 Å². The number of carbonyl (C=O) groups excluding carboxylic acids is 1. The lowest BCUT2D eigenvalue weighted by Gasteiger charge is -2.32. The van der Waals surface area contributed by atoms with Crippen LogP contribution >= 0.6 is 0 Å². The molecule has 37 heavy (non-hydrogen) atoms. The molecule has 2 unspecified atom stereocenters. The molecule has 7 heteroatoms. The average Bonchev–Trinajstić information content (AvgIpc) is 3.25. The molecule has 1 saturated heterocycles. The Balaban J connectivity index is 1.62. The van der Waals surface area contributed by atoms with E-state index >= 15 is 0 Å². The van der Waals surface area contributed by atoms with Crippen molar-refractivity contribution < 1.29 is 22.4 Å². The number of aryl methyl sites for hydroxylation is 1. The molecule has 3 nitrogen and oxygen atoms in total. The number of rotatable bonds is 7. The number of alkyl halides is 3. The Morgan fingerprint density at radius 2 is 1.68 bits per heavy atom. The summed E-state index contributed by atoms with van der Waals surface area (Å²) in [5.41, 5.74) is 2.65. The Labute approximate surface area is 215 Å². The number of hydrogen-bond donors (Lipinski definition) is 0. The Hall–Kier alpha value is -3.19. The van der Waals surface area contributed by atoms with Crippen LogP contribution in [0.3, 0.4) is 0 Å². The summed E-state index contributed by atoms with van der Waals surface area (Å²) in [5.74, 6) is -0.870. The van der Waals surface area contributed by atoms with Crippen LogP contribution in [0.2, 0.25) is 0 Å². The Kier molecular flexibility index (Phi) is 8.02. The van der Waals surface area contributed by atoms with Crippen LogP contribution in [-0.4, -0.2) is 41.4 Å². The number of carbonyl (C=O) groups is 1. The fourth-order valence-electron chi connectivity index (χ4n) is 5.09. The lowest BCUT2D eigenvalue weighted by atomic mass is 9.87. The molecule has 2 atom stereocenters. The van der Waals surface area contributed by atoms with E-state index in [4.69, 9.17) is 0 Å². The Morgan fingerprint density at radius 1 is 1.00 bits per heavy atom. The third-order valence-electron chi connectivity index (χ3n) is 7.09. The normalized spacial score (nSPS) is 18.4. The van der Waals surface area contributed by atoms with Crippen molar-refractivity contribution in [3.8, 4) is 0 Å². The second kappa shape index (κ2) is 11.1. The van der Waals surface area contributed by atoms with Crippen LogP contribution in [0, 0.1) is 18.7 Å². The van der Waals surface area contributed by atoms with Crippen LogP contribution in [0.4, 0.5) is 17.6 Å². The van der Waals surface area contributed by atoms with Crippen molar-refractivity contribution >= 4 is 5.91 Å². The second-order valence-electron chi connectivity index (χ2n) is 10.2. The largest absolute Gasteiger partial charge is 0.416 e. The Morgan fingerprint density at radius 3 is 2.30 bits per heavy atom. The molecule has 3 aromatic rings. The van der Waals surface area contributed by atoms with Crippen LogP contribution in [-0.2, 0) is 12.7 Å². The minimum absolute atomic E-state index is 0.0688. The van der Waals surface area contributed by atoms with Crippen molar-refractivity contribution in [3.05, 3.63) is 106 Å². The van der Waals surface area contributed by atoms with Crippen LogP contribution in [0.5, 0.6) is 0 Å². The molecule has 1 aliphatic rings. The van der Waals surface area contributed by atoms with Gasteiger partial charge < -0.3 is 4.90 Å². The van der Waals surface area contributed by atoms with Gasteiger partial charge in [-0.25, -0.2) is 4.39 Å². The number of amides is 1. The lowest BCUT2D eigenvalue weighted by molar-refractivity contribution is -0.137. The molecule has 1 fully saturated rings. The van der Waals surface area contributed by atoms with E-state index in [1.165, 1.54) is 36.4 Å². The van der Waals surface area contributed by atoms with E-state index in [-0.39, 0.29) is 23.8 Å². The van der Waals surface area contributed by atoms with Gasteiger partial charge in [-0.05, 0) is 68.1 Å². The van der Waals surface area contributed by atoms with Gasteiger partial charge in [0.05, 0.1) is 5.56 Å². The summed E-state index contributed by atoms with van der Waals surface area (Å²) in [5, 5.41) is 0.